The van der Waals surface area contributed by atoms with Crippen LogP contribution in [0.5, 0.6) is 34.5 Å². The van der Waals surface area contributed by atoms with Crippen LogP contribution in [0.25, 0.3) is 11.1 Å². The molecule has 6 N–H and O–H groups in total. The second-order valence-electron chi connectivity index (χ2n) is 12.8. The number of rotatable bonds is 11. The molecule has 1 saturated carbocycles. The van der Waals surface area contributed by atoms with Crippen molar-refractivity contribution in [2.45, 2.75) is 75.8 Å². The van der Waals surface area contributed by atoms with Gasteiger partial charge in [-0.25, -0.2) is 0 Å². The Morgan fingerprint density at radius 2 is 1.68 bits per heavy atom. The number of phenolic OH excluding ortho intramolecular Hbond substituents is 1. The Hall–Kier alpha value is -3.90. The van der Waals surface area contributed by atoms with Gasteiger partial charge in [0.1, 0.15) is 17.2 Å². The molecule has 0 saturated heterocycles. The number of aromatic hydroxyl groups is 1. The van der Waals surface area contributed by atoms with Crippen molar-refractivity contribution in [2.75, 3.05) is 45.9 Å². The van der Waals surface area contributed by atoms with E-state index in [0.717, 1.165) is 60.2 Å². The number of aliphatic hydroxyl groups excluding tert-OH is 3. The number of aliphatic hydroxyl groups is 3. The molecule has 3 atom stereocenters. The van der Waals surface area contributed by atoms with Gasteiger partial charge in [0, 0.05) is 71.9 Å². The molecule has 0 bridgehead atoms. The highest BCUT2D eigenvalue weighted by Crippen LogP contribution is 2.58. The van der Waals surface area contributed by atoms with Gasteiger partial charge in [-0.05, 0) is 55.5 Å². The van der Waals surface area contributed by atoms with Crippen LogP contribution in [0.15, 0.2) is 24.3 Å². The molecule has 11 heteroatoms. The number of hydrogen-bond donors (Lipinski definition) is 6. The molecule has 3 aromatic carbocycles. The predicted octanol–water partition coefficient (Wildman–Crippen LogP) is 4.82. The summed E-state index contributed by atoms with van der Waals surface area (Å²) in [6.07, 6.45) is 3.60. The van der Waals surface area contributed by atoms with Gasteiger partial charge in [-0.15, -0.1) is 0 Å². The second kappa shape index (κ2) is 12.6. The minimum absolute atomic E-state index is 0.0383. The van der Waals surface area contributed by atoms with E-state index in [0.29, 0.717) is 53.2 Å². The van der Waals surface area contributed by atoms with E-state index >= 15 is 0 Å². The highest BCUT2D eigenvalue weighted by molar-refractivity contribution is 5.93. The Bertz CT molecular complexity index is 1670. The van der Waals surface area contributed by atoms with E-state index in [9.17, 15) is 20.4 Å². The molecule has 7 rings (SSSR count). The van der Waals surface area contributed by atoms with Crippen molar-refractivity contribution in [3.63, 3.8) is 0 Å². The van der Waals surface area contributed by atoms with Gasteiger partial charge in [0.15, 0.2) is 23.5 Å². The van der Waals surface area contributed by atoms with Crippen molar-refractivity contribution >= 4 is 5.69 Å². The molecule has 0 amide bonds. The van der Waals surface area contributed by atoms with Gasteiger partial charge < -0.3 is 49.4 Å². The van der Waals surface area contributed by atoms with Crippen LogP contribution in [0.4, 0.5) is 5.69 Å². The normalized spacial score (nSPS) is 21.6. The van der Waals surface area contributed by atoms with Crippen molar-refractivity contribution < 1.29 is 44.1 Å². The molecule has 0 radical (unpaired) electrons. The molecule has 47 heavy (non-hydrogen) atoms. The summed E-state index contributed by atoms with van der Waals surface area (Å²) in [5.41, 5.74) is 6.04. The van der Waals surface area contributed by atoms with Gasteiger partial charge >= 0.3 is 0 Å². The van der Waals surface area contributed by atoms with E-state index in [2.05, 4.69) is 17.6 Å². The van der Waals surface area contributed by atoms with Gasteiger partial charge in [0.25, 0.3) is 0 Å². The van der Waals surface area contributed by atoms with Crippen LogP contribution in [-0.4, -0.2) is 66.7 Å². The monoisotopic (exact) mass is 648 g/mol. The fourth-order valence-electron chi connectivity index (χ4n) is 7.94. The van der Waals surface area contributed by atoms with Gasteiger partial charge in [0.05, 0.1) is 39.1 Å². The summed E-state index contributed by atoms with van der Waals surface area (Å²) >= 11 is 0. The van der Waals surface area contributed by atoms with E-state index in [1.165, 1.54) is 7.11 Å². The molecule has 2 aliphatic carbocycles. The van der Waals surface area contributed by atoms with Gasteiger partial charge in [0.2, 0.25) is 5.75 Å². The highest BCUT2D eigenvalue weighted by Gasteiger charge is 2.43. The number of nitrogens with one attached hydrogen (secondary N) is 2. The van der Waals surface area contributed by atoms with Crippen molar-refractivity contribution in [3.8, 4) is 45.6 Å². The zero-order valence-corrected chi connectivity index (χ0v) is 27.1. The minimum atomic E-state index is -1.02. The number of anilines is 1. The van der Waals surface area contributed by atoms with E-state index < -0.39 is 24.0 Å². The average Bonchev–Trinajstić information content (AvgIpc) is 3.52. The van der Waals surface area contributed by atoms with Crippen LogP contribution in [0.1, 0.15) is 85.1 Å². The van der Waals surface area contributed by atoms with Crippen molar-refractivity contribution in [3.05, 3.63) is 52.1 Å². The van der Waals surface area contributed by atoms with Crippen LogP contribution in [0.2, 0.25) is 0 Å². The molecule has 0 aromatic heterocycles. The molecule has 0 spiro atoms. The van der Waals surface area contributed by atoms with Crippen LogP contribution >= 0.6 is 0 Å². The third-order valence-corrected chi connectivity index (χ3v) is 10.1. The molecule has 11 nitrogen and oxygen atoms in total. The molecule has 1 fully saturated rings. The maximum Gasteiger partial charge on any atom is 0.200 e. The summed E-state index contributed by atoms with van der Waals surface area (Å²) in [6, 6.07) is 7.18. The predicted molar refractivity (Wildman–Crippen MR) is 175 cm³/mol. The quantitative estimate of drug-likeness (QED) is 0.125. The largest absolute Gasteiger partial charge is 0.502 e. The molecule has 2 aliphatic heterocycles. The third kappa shape index (κ3) is 5.29. The summed E-state index contributed by atoms with van der Waals surface area (Å²) < 4.78 is 30.3. The minimum Gasteiger partial charge on any atom is -0.502 e. The summed E-state index contributed by atoms with van der Waals surface area (Å²) in [5, 5.41) is 50.5. The van der Waals surface area contributed by atoms with Crippen molar-refractivity contribution in [2.24, 2.45) is 0 Å². The molecular weight excluding hydrogens is 604 g/mol. The number of fused-ring (bicyclic) bond motifs is 2. The maximum absolute atomic E-state index is 12.1. The Morgan fingerprint density at radius 1 is 0.936 bits per heavy atom. The fourth-order valence-corrected chi connectivity index (χ4v) is 7.94. The number of ether oxygens (including phenoxy) is 5. The van der Waals surface area contributed by atoms with Gasteiger partial charge in [-0.2, -0.15) is 0 Å². The lowest BCUT2D eigenvalue weighted by Crippen LogP contribution is -2.48. The van der Waals surface area contributed by atoms with Crippen molar-refractivity contribution in [1.82, 2.24) is 5.32 Å². The second-order valence-corrected chi connectivity index (χ2v) is 12.8. The van der Waals surface area contributed by atoms with Crippen LogP contribution in [0.3, 0.4) is 0 Å². The lowest BCUT2D eigenvalue weighted by molar-refractivity contribution is 0.0379. The molecule has 2 heterocycles. The summed E-state index contributed by atoms with van der Waals surface area (Å²) in [6.45, 7) is 3.19. The van der Waals surface area contributed by atoms with Gasteiger partial charge in [-0.3, -0.25) is 5.32 Å². The van der Waals surface area contributed by atoms with Crippen molar-refractivity contribution in [1.29, 1.82) is 0 Å². The van der Waals surface area contributed by atoms with Crippen LogP contribution < -0.4 is 34.3 Å². The van der Waals surface area contributed by atoms with Gasteiger partial charge in [-0.1, -0.05) is 6.92 Å². The topological polar surface area (TPSA) is 151 Å². The Morgan fingerprint density at radius 3 is 2.40 bits per heavy atom. The molecule has 3 unspecified atom stereocenters. The van der Waals surface area contributed by atoms with E-state index in [1.54, 1.807) is 19.2 Å². The zero-order chi connectivity index (χ0) is 32.9. The average molecular weight is 649 g/mol. The first-order chi connectivity index (χ1) is 22.8. The van der Waals surface area contributed by atoms with E-state index in [4.69, 9.17) is 23.7 Å². The Labute approximate surface area is 274 Å². The van der Waals surface area contributed by atoms with E-state index in [-0.39, 0.29) is 37.1 Å². The molecule has 4 aliphatic rings. The summed E-state index contributed by atoms with van der Waals surface area (Å²) in [4.78, 5) is 0. The summed E-state index contributed by atoms with van der Waals surface area (Å²) in [7, 11) is 3.12. The Balaban J connectivity index is 1.33. The number of phenols is 1. The first-order valence-electron chi connectivity index (χ1n) is 16.6. The molecule has 3 aromatic rings. The Kier molecular flexibility index (Phi) is 8.50. The van der Waals surface area contributed by atoms with Crippen LogP contribution in [-0.2, 0) is 12.8 Å². The fraction of sp³-hybridized carbons (Fsp3) is 0.500. The number of benzene rings is 3. The highest BCUT2D eigenvalue weighted by atomic mass is 16.5. The third-order valence-electron chi connectivity index (χ3n) is 10.1. The molecule has 252 valence electrons. The SMILES string of the molecule is CCNC1(Oc2cc(OC)c3c4c2C(O)Nc2cc5c(c(c2-4)CC3)C(O)C(c2cc(OC)c(O)c(OCCCO)c2)CO5)CCCC1. The standard InChI is InChI=1S/C36H44N2O9/c1-4-37-36(10-5-6-11-36)47-26-17-24(43-2)20-8-9-21-29-23(38-35(42)32(26)31(20)29)16-25-30(21)33(40)22(18-46-25)19-14-27(44-3)34(41)28(15-19)45-13-7-12-39/h14-17,22,33,35,37-42H,4-13,18H2,1-3H3. The van der Waals surface area contributed by atoms with Crippen LogP contribution in [0, 0.1) is 0 Å². The first-order valence-corrected chi connectivity index (χ1v) is 16.6. The van der Waals surface area contributed by atoms with E-state index in [1.807, 2.05) is 12.1 Å². The lowest BCUT2D eigenvalue weighted by atomic mass is 9.74. The smallest absolute Gasteiger partial charge is 0.200 e. The number of hydrogen-bond acceptors (Lipinski definition) is 11. The lowest BCUT2D eigenvalue weighted by Gasteiger charge is -2.40. The maximum atomic E-state index is 12.1. The number of methoxy groups -OCH3 is 2. The zero-order valence-electron chi connectivity index (χ0n) is 27.1. The summed E-state index contributed by atoms with van der Waals surface area (Å²) in [5.74, 6) is 1.67. The molecular formula is C36H44N2O9. The first kappa shape index (κ1) is 31.7.